The molecule has 0 aliphatic carbocycles. The number of nitrogens with zero attached hydrogens (tertiary/aromatic N) is 8. The molecular formula is C52H70N12O10S2. The Balaban J connectivity index is 0.725. The molecule has 2 fully saturated rings. The number of amides is 5. The third-order valence-corrected chi connectivity index (χ3v) is 15.9. The van der Waals surface area contributed by atoms with Crippen LogP contribution >= 0.6 is 11.3 Å². The van der Waals surface area contributed by atoms with Gasteiger partial charge in [0, 0.05) is 82.9 Å². The van der Waals surface area contributed by atoms with Gasteiger partial charge in [-0.25, -0.2) is 22.9 Å². The topological polar surface area (TPSA) is 265 Å². The number of ether oxygens (including phenoxy) is 3. The number of carbonyl (C=O) groups excluding carboxylic acids is 4. The van der Waals surface area contributed by atoms with Crippen molar-refractivity contribution in [1.29, 1.82) is 0 Å². The summed E-state index contributed by atoms with van der Waals surface area (Å²) >= 11 is 1.57. The van der Waals surface area contributed by atoms with Crippen molar-refractivity contribution in [3.8, 4) is 10.4 Å². The van der Waals surface area contributed by atoms with Crippen LogP contribution in [-0.4, -0.2) is 173 Å². The first-order chi connectivity index (χ1) is 36.4. The van der Waals surface area contributed by atoms with E-state index < -0.39 is 51.5 Å². The van der Waals surface area contributed by atoms with Gasteiger partial charge in [-0.15, -0.1) is 16.4 Å². The predicted octanol–water partition coefficient (Wildman–Crippen LogP) is 3.40. The Morgan fingerprint density at radius 1 is 0.895 bits per heavy atom. The summed E-state index contributed by atoms with van der Waals surface area (Å²) in [5.41, 5.74) is 6.12. The van der Waals surface area contributed by atoms with Crippen molar-refractivity contribution >= 4 is 50.8 Å². The van der Waals surface area contributed by atoms with E-state index in [4.69, 9.17) is 14.2 Å². The van der Waals surface area contributed by atoms with E-state index in [1.165, 1.54) is 21.3 Å². The minimum atomic E-state index is -3.71. The van der Waals surface area contributed by atoms with Gasteiger partial charge >= 0.3 is 6.03 Å². The molecule has 76 heavy (non-hydrogen) atoms. The van der Waals surface area contributed by atoms with Crippen LogP contribution in [0.15, 0.2) is 89.7 Å². The fourth-order valence-electron chi connectivity index (χ4n) is 8.73. The number of aromatic nitrogens is 5. The van der Waals surface area contributed by atoms with Crippen LogP contribution in [0.25, 0.3) is 10.4 Å². The van der Waals surface area contributed by atoms with Gasteiger partial charge in [-0.1, -0.05) is 56.3 Å². The number of nitrogens with one attached hydrogen (secondary N) is 4. The SMILES string of the molecule is Cc1ncsc1-c1ccc([C@H](C)NC(=O)[C@@H]2C[C@@H](O)CN2C(=O)[C@@H](NC(=O)COCCOCCOCCn2cc(CCN3CCN(S(=O)(=O)c4ccc(NC(=O)NCc5cccnc5)cc4)CC3)nn2)C(C)(C)C)cc1. The highest BCUT2D eigenvalue weighted by Gasteiger charge is 2.45. The van der Waals surface area contributed by atoms with Gasteiger partial charge in [0.25, 0.3) is 0 Å². The highest BCUT2D eigenvalue weighted by atomic mass is 32.2. The average Bonchev–Trinajstić information content (AvgIpc) is 4.17. The highest BCUT2D eigenvalue weighted by molar-refractivity contribution is 7.89. The zero-order chi connectivity index (χ0) is 54.2. The quantitative estimate of drug-likeness (QED) is 0.0525. The maximum Gasteiger partial charge on any atom is 0.319 e. The molecule has 2 aliphatic heterocycles. The second-order valence-electron chi connectivity index (χ2n) is 19.8. The van der Waals surface area contributed by atoms with E-state index >= 15 is 0 Å². The Morgan fingerprint density at radius 3 is 2.28 bits per heavy atom. The molecule has 5 heterocycles. The number of hydrogen-bond acceptors (Lipinski definition) is 16. The van der Waals surface area contributed by atoms with Crippen LogP contribution in [0, 0.1) is 12.3 Å². The third-order valence-electron chi connectivity index (χ3n) is 13.0. The van der Waals surface area contributed by atoms with Crippen molar-refractivity contribution < 1.29 is 46.9 Å². The number of anilines is 1. The molecule has 0 bridgehead atoms. The van der Waals surface area contributed by atoms with E-state index in [9.17, 15) is 32.7 Å². The number of hydrogen-bond donors (Lipinski definition) is 5. The van der Waals surface area contributed by atoms with Crippen LogP contribution in [0.4, 0.5) is 10.5 Å². The van der Waals surface area contributed by atoms with Crippen LogP contribution < -0.4 is 21.3 Å². The van der Waals surface area contributed by atoms with Crippen LogP contribution in [0.5, 0.6) is 0 Å². The molecule has 7 rings (SSSR count). The standard InChI is InChI=1S/C52H70N12O10S2/c1-36(39-8-10-40(11-9-39)47-37(2)55-35-75-47)56-49(67)45-29-43(65)33-64(45)50(68)48(52(3,4)5)58-46(66)34-74-28-27-73-26-25-72-24-23-62-32-42(59-60-62)16-18-61-19-21-63(22-20-61)76(70,71)44-14-12-41(13-15-44)57-51(69)54-31-38-7-6-17-53-30-38/h6-15,17,30,32,35-36,43,45,48,65H,16,18-29,31,33-34H2,1-5H3,(H,56,67)(H,58,66)(H2,54,57,69)/t36-,43+,45-,48+/m0/s1. The number of sulfonamides is 1. The Morgan fingerprint density at radius 2 is 1.61 bits per heavy atom. The Hall–Kier alpha value is -6.25. The van der Waals surface area contributed by atoms with Crippen molar-refractivity contribution in [1.82, 2.24) is 55.0 Å². The van der Waals surface area contributed by atoms with Gasteiger partial charge in [-0.05, 0) is 66.3 Å². The number of β-amino-alcohol motifs (C(OH)–C–C–N with tert-alkyl or cyclic N) is 1. The van der Waals surface area contributed by atoms with Crippen molar-refractivity contribution in [3.63, 3.8) is 0 Å². The van der Waals surface area contributed by atoms with E-state index in [0.717, 1.165) is 33.0 Å². The number of aryl methyl sites for hydroxylation is 1. The molecule has 2 aromatic carbocycles. The molecule has 3 aromatic heterocycles. The van der Waals surface area contributed by atoms with E-state index in [2.05, 4.69) is 46.4 Å². The Bertz CT molecular complexity index is 2780. The molecule has 0 unspecified atom stereocenters. The first-order valence-electron chi connectivity index (χ1n) is 25.4. The molecule has 0 spiro atoms. The summed E-state index contributed by atoms with van der Waals surface area (Å²) in [6.07, 6.45) is 5.04. The average molecular weight is 1090 g/mol. The summed E-state index contributed by atoms with van der Waals surface area (Å²) in [5.74, 6) is -1.34. The number of thiazole rings is 1. The lowest BCUT2D eigenvalue weighted by atomic mass is 9.85. The van der Waals surface area contributed by atoms with Crippen molar-refractivity contribution in [2.24, 2.45) is 5.41 Å². The predicted molar refractivity (Wildman–Crippen MR) is 284 cm³/mol. The van der Waals surface area contributed by atoms with E-state index in [0.29, 0.717) is 77.7 Å². The van der Waals surface area contributed by atoms with Crippen LogP contribution in [0.3, 0.4) is 0 Å². The van der Waals surface area contributed by atoms with Crippen molar-refractivity contribution in [2.75, 3.05) is 84.2 Å². The monoisotopic (exact) mass is 1090 g/mol. The lowest BCUT2D eigenvalue weighted by Crippen LogP contribution is -2.58. The number of aliphatic hydroxyl groups is 1. The van der Waals surface area contributed by atoms with Gasteiger partial charge in [0.15, 0.2) is 0 Å². The summed E-state index contributed by atoms with van der Waals surface area (Å²) in [6, 6.07) is 15.0. The molecule has 4 atom stereocenters. The minimum absolute atomic E-state index is 0.0332. The highest BCUT2D eigenvalue weighted by Crippen LogP contribution is 2.30. The molecule has 0 radical (unpaired) electrons. The summed E-state index contributed by atoms with van der Waals surface area (Å²) in [6.45, 7) is 13.7. The Labute approximate surface area is 447 Å². The first-order valence-corrected chi connectivity index (χ1v) is 27.7. The number of rotatable bonds is 25. The molecule has 24 heteroatoms. The Kier molecular flexibility index (Phi) is 20.5. The zero-order valence-corrected chi connectivity index (χ0v) is 45.4. The summed E-state index contributed by atoms with van der Waals surface area (Å²) in [7, 11) is -3.71. The van der Waals surface area contributed by atoms with E-state index in [1.54, 1.807) is 46.6 Å². The lowest BCUT2D eigenvalue weighted by Gasteiger charge is -2.35. The molecule has 5 aromatic rings. The number of aliphatic hydroxyl groups excluding tert-OH is 1. The number of likely N-dealkylation sites (tertiary alicyclic amines) is 1. The molecule has 22 nitrogen and oxygen atoms in total. The smallest absolute Gasteiger partial charge is 0.319 e. The normalized spacial score (nSPS) is 17.3. The van der Waals surface area contributed by atoms with Crippen LogP contribution in [0.1, 0.15) is 62.7 Å². The van der Waals surface area contributed by atoms with E-state index in [-0.39, 0.29) is 49.6 Å². The molecule has 0 saturated carbocycles. The van der Waals surface area contributed by atoms with Gasteiger partial charge in [-0.3, -0.25) is 19.4 Å². The van der Waals surface area contributed by atoms with Crippen molar-refractivity contribution in [2.45, 2.75) is 89.7 Å². The first kappa shape index (κ1) is 57.5. The fraction of sp³-hybridized carbons (Fsp3) is 0.500. The van der Waals surface area contributed by atoms with Crippen molar-refractivity contribution in [3.05, 3.63) is 107 Å². The molecular weight excluding hydrogens is 1020 g/mol. The fourth-order valence-corrected chi connectivity index (χ4v) is 11.0. The van der Waals surface area contributed by atoms with Gasteiger partial charge in [0.1, 0.15) is 18.7 Å². The summed E-state index contributed by atoms with van der Waals surface area (Å²) in [5, 5.41) is 30.4. The molecule has 5 amide bonds. The van der Waals surface area contributed by atoms with Gasteiger partial charge in [0.2, 0.25) is 27.7 Å². The summed E-state index contributed by atoms with van der Waals surface area (Å²) < 4.78 is 46.9. The molecule has 2 aliphatic rings. The lowest BCUT2D eigenvalue weighted by molar-refractivity contribution is -0.144. The van der Waals surface area contributed by atoms with Gasteiger partial charge in [-0.2, -0.15) is 4.31 Å². The number of carbonyl (C=O) groups is 4. The van der Waals surface area contributed by atoms with Gasteiger partial charge in [0.05, 0.1) is 78.4 Å². The summed E-state index contributed by atoms with van der Waals surface area (Å²) in [4.78, 5) is 66.2. The maximum atomic E-state index is 14.0. The van der Waals surface area contributed by atoms with E-state index in [1.807, 2.05) is 76.7 Å². The number of urea groups is 1. The number of benzene rings is 2. The largest absolute Gasteiger partial charge is 0.391 e. The second kappa shape index (κ2) is 27.2. The maximum absolute atomic E-state index is 14.0. The zero-order valence-electron chi connectivity index (χ0n) is 43.7. The second-order valence-corrected chi connectivity index (χ2v) is 22.6. The molecule has 410 valence electrons. The number of pyridine rings is 1. The number of piperazine rings is 1. The van der Waals surface area contributed by atoms with Gasteiger partial charge < -0.3 is 50.4 Å². The van der Waals surface area contributed by atoms with Crippen LogP contribution in [-0.2, 0) is 58.1 Å². The minimum Gasteiger partial charge on any atom is -0.391 e. The molecule has 5 N–H and O–H groups in total. The third kappa shape index (κ3) is 16.4. The van der Waals surface area contributed by atoms with Crippen LogP contribution in [0.2, 0.25) is 0 Å². The molecule has 2 saturated heterocycles.